The number of hydrogen-bond donors (Lipinski definition) is 1. The second-order valence-corrected chi connectivity index (χ2v) is 6.44. The molecule has 5 heteroatoms. The summed E-state index contributed by atoms with van der Waals surface area (Å²) in [4.78, 5) is 13.3. The molecule has 1 N–H and O–H groups in total. The lowest BCUT2D eigenvalue weighted by molar-refractivity contribution is 0.0950. The highest BCUT2D eigenvalue weighted by Crippen LogP contribution is 2.19. The standard InChI is InChI=1S/C16H15BrFNOS/c1-10-3-4-14(21-2)8-15(10)16(20)19-9-11-5-12(17)7-13(18)6-11/h3-8H,9H2,1-2H3,(H,19,20). The van der Waals surface area contributed by atoms with Gasteiger partial charge in [0.05, 0.1) is 0 Å². The minimum absolute atomic E-state index is 0.149. The molecule has 0 saturated carbocycles. The van der Waals surface area contributed by atoms with Crippen LogP contribution in [0, 0.1) is 12.7 Å². The first kappa shape index (κ1) is 16.0. The number of hydrogen-bond acceptors (Lipinski definition) is 2. The van der Waals surface area contributed by atoms with Crippen LogP contribution in [0.15, 0.2) is 45.8 Å². The fourth-order valence-electron chi connectivity index (χ4n) is 1.96. The van der Waals surface area contributed by atoms with E-state index in [0.717, 1.165) is 10.5 Å². The lowest BCUT2D eigenvalue weighted by Gasteiger charge is -2.09. The number of thioether (sulfide) groups is 1. The van der Waals surface area contributed by atoms with Crippen LogP contribution in [0.2, 0.25) is 0 Å². The first-order valence-electron chi connectivity index (χ1n) is 6.37. The Morgan fingerprint density at radius 1 is 1.29 bits per heavy atom. The van der Waals surface area contributed by atoms with Crippen molar-refractivity contribution in [3.63, 3.8) is 0 Å². The van der Waals surface area contributed by atoms with Crippen molar-refractivity contribution < 1.29 is 9.18 Å². The predicted molar refractivity (Wildman–Crippen MR) is 88.2 cm³/mol. The highest BCUT2D eigenvalue weighted by Gasteiger charge is 2.10. The van der Waals surface area contributed by atoms with E-state index < -0.39 is 0 Å². The van der Waals surface area contributed by atoms with Crippen molar-refractivity contribution in [2.75, 3.05) is 6.26 Å². The predicted octanol–water partition coefficient (Wildman–Crippen LogP) is 4.55. The summed E-state index contributed by atoms with van der Waals surface area (Å²) in [5.74, 6) is -0.474. The normalized spacial score (nSPS) is 10.5. The molecule has 0 atom stereocenters. The number of rotatable bonds is 4. The Morgan fingerprint density at radius 3 is 2.71 bits per heavy atom. The molecule has 0 aliphatic heterocycles. The van der Waals surface area contributed by atoms with Crippen LogP contribution in [0.4, 0.5) is 4.39 Å². The molecule has 21 heavy (non-hydrogen) atoms. The van der Waals surface area contributed by atoms with Crippen LogP contribution in [-0.2, 0) is 6.54 Å². The van der Waals surface area contributed by atoms with E-state index in [4.69, 9.17) is 0 Å². The van der Waals surface area contributed by atoms with Crippen molar-refractivity contribution in [2.24, 2.45) is 0 Å². The van der Waals surface area contributed by atoms with Crippen LogP contribution in [0.1, 0.15) is 21.5 Å². The zero-order chi connectivity index (χ0) is 15.4. The van der Waals surface area contributed by atoms with Gasteiger partial charge in [0.25, 0.3) is 5.91 Å². The number of carbonyl (C=O) groups excluding carboxylic acids is 1. The number of amides is 1. The Balaban J connectivity index is 2.11. The van der Waals surface area contributed by atoms with Gasteiger partial charge in [-0.05, 0) is 54.6 Å². The number of benzene rings is 2. The molecular weight excluding hydrogens is 353 g/mol. The van der Waals surface area contributed by atoms with Gasteiger partial charge >= 0.3 is 0 Å². The van der Waals surface area contributed by atoms with Crippen LogP contribution < -0.4 is 5.32 Å². The van der Waals surface area contributed by atoms with Gasteiger partial charge < -0.3 is 5.32 Å². The summed E-state index contributed by atoms with van der Waals surface area (Å²) in [7, 11) is 0. The third-order valence-corrected chi connectivity index (χ3v) is 4.25. The number of aryl methyl sites for hydroxylation is 1. The quantitative estimate of drug-likeness (QED) is 0.803. The topological polar surface area (TPSA) is 29.1 Å². The van der Waals surface area contributed by atoms with Crippen LogP contribution in [-0.4, -0.2) is 12.2 Å². The molecule has 2 aromatic rings. The summed E-state index contributed by atoms with van der Waals surface area (Å²) in [6.45, 7) is 2.19. The highest BCUT2D eigenvalue weighted by molar-refractivity contribution is 9.10. The molecule has 2 rings (SSSR count). The van der Waals surface area contributed by atoms with Gasteiger partial charge in [-0.1, -0.05) is 22.0 Å². The minimum Gasteiger partial charge on any atom is -0.348 e. The molecule has 1 amide bonds. The molecule has 0 saturated heterocycles. The number of nitrogens with one attached hydrogen (secondary N) is 1. The van der Waals surface area contributed by atoms with Gasteiger partial charge in [0.1, 0.15) is 5.82 Å². The zero-order valence-corrected chi connectivity index (χ0v) is 14.1. The summed E-state index contributed by atoms with van der Waals surface area (Å²) < 4.78 is 14.0. The van der Waals surface area contributed by atoms with Crippen molar-refractivity contribution in [3.8, 4) is 0 Å². The summed E-state index contributed by atoms with van der Waals surface area (Å²) in [5.41, 5.74) is 2.29. The number of halogens is 2. The third kappa shape index (κ3) is 4.32. The van der Waals surface area contributed by atoms with Gasteiger partial charge in [-0.25, -0.2) is 4.39 Å². The van der Waals surface area contributed by atoms with Crippen molar-refractivity contribution in [1.29, 1.82) is 0 Å². The van der Waals surface area contributed by atoms with E-state index in [1.165, 1.54) is 12.1 Å². The lowest BCUT2D eigenvalue weighted by atomic mass is 10.1. The van der Waals surface area contributed by atoms with E-state index >= 15 is 0 Å². The second kappa shape index (κ2) is 7.09. The average molecular weight is 368 g/mol. The lowest BCUT2D eigenvalue weighted by Crippen LogP contribution is -2.23. The van der Waals surface area contributed by atoms with Crippen molar-refractivity contribution in [2.45, 2.75) is 18.4 Å². The first-order valence-corrected chi connectivity index (χ1v) is 8.39. The molecule has 0 spiro atoms. The van der Waals surface area contributed by atoms with Crippen LogP contribution in [0.5, 0.6) is 0 Å². The SMILES string of the molecule is CSc1ccc(C)c(C(=O)NCc2cc(F)cc(Br)c2)c1. The van der Waals surface area contributed by atoms with E-state index in [1.807, 2.05) is 31.4 Å². The van der Waals surface area contributed by atoms with Crippen LogP contribution in [0.3, 0.4) is 0 Å². The molecule has 2 nitrogen and oxygen atoms in total. The summed E-state index contributed by atoms with van der Waals surface area (Å²) >= 11 is 4.83. The molecule has 0 bridgehead atoms. The highest BCUT2D eigenvalue weighted by atomic mass is 79.9. The molecule has 0 unspecified atom stereocenters. The van der Waals surface area contributed by atoms with Crippen molar-refractivity contribution >= 4 is 33.6 Å². The van der Waals surface area contributed by atoms with E-state index in [9.17, 15) is 9.18 Å². The second-order valence-electron chi connectivity index (χ2n) is 4.64. The maximum atomic E-state index is 13.3. The van der Waals surface area contributed by atoms with Crippen molar-refractivity contribution in [1.82, 2.24) is 5.32 Å². The van der Waals surface area contributed by atoms with Gasteiger partial charge in [0.15, 0.2) is 0 Å². The van der Waals surface area contributed by atoms with E-state index in [0.29, 0.717) is 15.6 Å². The van der Waals surface area contributed by atoms with Crippen molar-refractivity contribution in [3.05, 3.63) is 63.4 Å². The smallest absolute Gasteiger partial charge is 0.251 e. The Bertz CT molecular complexity index is 655. The van der Waals surface area contributed by atoms with Gasteiger partial charge in [-0.3, -0.25) is 4.79 Å². The van der Waals surface area contributed by atoms with Crippen LogP contribution in [0.25, 0.3) is 0 Å². The molecule has 2 aromatic carbocycles. The summed E-state index contributed by atoms with van der Waals surface area (Å²) in [6, 6.07) is 10.4. The van der Waals surface area contributed by atoms with Gasteiger partial charge in [0, 0.05) is 21.5 Å². The minimum atomic E-state index is -0.325. The molecular formula is C16H15BrFNOS. The fraction of sp³-hybridized carbons (Fsp3) is 0.188. The van der Waals surface area contributed by atoms with E-state index in [2.05, 4.69) is 21.2 Å². The maximum Gasteiger partial charge on any atom is 0.251 e. The summed E-state index contributed by atoms with van der Waals surface area (Å²) in [5, 5.41) is 2.83. The molecule has 0 aliphatic rings. The van der Waals surface area contributed by atoms with E-state index in [-0.39, 0.29) is 18.3 Å². The van der Waals surface area contributed by atoms with E-state index in [1.54, 1.807) is 17.8 Å². The van der Waals surface area contributed by atoms with Crippen LogP contribution >= 0.6 is 27.7 Å². The average Bonchev–Trinajstić information content (AvgIpc) is 2.44. The monoisotopic (exact) mass is 367 g/mol. The molecule has 0 aromatic heterocycles. The first-order chi connectivity index (χ1) is 9.99. The zero-order valence-electron chi connectivity index (χ0n) is 11.7. The Hall–Kier alpha value is -1.33. The fourth-order valence-corrected chi connectivity index (χ4v) is 2.92. The summed E-state index contributed by atoms with van der Waals surface area (Å²) in [6.07, 6.45) is 1.97. The largest absolute Gasteiger partial charge is 0.348 e. The van der Waals surface area contributed by atoms with Gasteiger partial charge in [0.2, 0.25) is 0 Å². The Kier molecular flexibility index (Phi) is 5.42. The van der Waals surface area contributed by atoms with Gasteiger partial charge in [-0.15, -0.1) is 11.8 Å². The molecule has 0 heterocycles. The molecule has 0 fully saturated rings. The van der Waals surface area contributed by atoms with Gasteiger partial charge in [-0.2, -0.15) is 0 Å². The third-order valence-electron chi connectivity index (χ3n) is 3.06. The molecule has 0 radical (unpaired) electrons. The number of carbonyl (C=O) groups is 1. The molecule has 0 aliphatic carbocycles. The maximum absolute atomic E-state index is 13.3. The Morgan fingerprint density at radius 2 is 2.05 bits per heavy atom. The molecule has 110 valence electrons. The Labute approximate surface area is 136 Å².